The molecule has 2 N–H and O–H groups in total. The van der Waals surface area contributed by atoms with E-state index >= 15 is 0 Å². The molecule has 0 bridgehead atoms. The van der Waals surface area contributed by atoms with Gasteiger partial charge in [0.1, 0.15) is 0 Å². The molecule has 1 rings (SSSR count). The fourth-order valence-corrected chi connectivity index (χ4v) is 1.72. The maximum Gasteiger partial charge on any atom is 0.0897 e. The minimum atomic E-state index is -0.448. The molecule has 5 heteroatoms. The first-order chi connectivity index (χ1) is 8.17. The Balaban J connectivity index is 2.30. The Morgan fingerprint density at radius 1 is 1.53 bits per heavy atom. The molecule has 0 amide bonds. The van der Waals surface area contributed by atoms with E-state index in [4.69, 9.17) is 4.74 Å². The van der Waals surface area contributed by atoms with Crippen molar-refractivity contribution in [1.82, 2.24) is 15.1 Å². The Labute approximate surface area is 103 Å². The lowest BCUT2D eigenvalue weighted by atomic mass is 10.2. The number of aliphatic hydroxyl groups is 1. The molecule has 0 saturated carbocycles. The van der Waals surface area contributed by atoms with Crippen molar-refractivity contribution in [2.75, 3.05) is 19.8 Å². The summed E-state index contributed by atoms with van der Waals surface area (Å²) >= 11 is 0. The number of nitrogens with zero attached hydrogens (tertiary/aromatic N) is 2. The van der Waals surface area contributed by atoms with Gasteiger partial charge in [-0.15, -0.1) is 0 Å². The highest BCUT2D eigenvalue weighted by Gasteiger charge is 2.07. The number of nitrogens with one attached hydrogen (secondary N) is 1. The molecule has 1 atom stereocenters. The Bertz CT molecular complexity index is 326. The summed E-state index contributed by atoms with van der Waals surface area (Å²) in [7, 11) is 1.92. The average molecular weight is 241 g/mol. The molecule has 1 aromatic rings. The second-order valence-electron chi connectivity index (χ2n) is 4.07. The molecule has 0 aliphatic carbocycles. The summed E-state index contributed by atoms with van der Waals surface area (Å²) in [5.74, 6) is 0. The van der Waals surface area contributed by atoms with Gasteiger partial charge in [-0.25, -0.2) is 0 Å². The number of aryl methyl sites for hydroxylation is 2. The summed E-state index contributed by atoms with van der Waals surface area (Å²) in [5, 5.41) is 17.2. The number of rotatable bonds is 8. The first-order valence-electron chi connectivity index (χ1n) is 6.15. The van der Waals surface area contributed by atoms with E-state index in [1.807, 2.05) is 24.9 Å². The summed E-state index contributed by atoms with van der Waals surface area (Å²) in [6, 6.07) is 0. The Morgan fingerprint density at radius 3 is 2.94 bits per heavy atom. The predicted molar refractivity (Wildman–Crippen MR) is 66.8 cm³/mol. The summed E-state index contributed by atoms with van der Waals surface area (Å²) in [6.07, 6.45) is 2.50. The quantitative estimate of drug-likeness (QED) is 0.694. The summed E-state index contributed by atoms with van der Waals surface area (Å²) in [5.41, 5.74) is 2.30. The zero-order valence-electron chi connectivity index (χ0n) is 10.9. The van der Waals surface area contributed by atoms with Gasteiger partial charge < -0.3 is 15.2 Å². The normalized spacial score (nSPS) is 12.9. The maximum atomic E-state index is 9.58. The Hall–Kier alpha value is -0.910. The van der Waals surface area contributed by atoms with Crippen LogP contribution in [-0.4, -0.2) is 40.7 Å². The van der Waals surface area contributed by atoms with Crippen molar-refractivity contribution in [3.8, 4) is 0 Å². The molecular weight excluding hydrogens is 218 g/mol. The third kappa shape index (κ3) is 4.85. The van der Waals surface area contributed by atoms with Gasteiger partial charge in [-0.1, -0.05) is 6.92 Å². The van der Waals surface area contributed by atoms with Crippen LogP contribution >= 0.6 is 0 Å². The number of ether oxygens (including phenoxy) is 1. The number of hydrogen-bond donors (Lipinski definition) is 2. The van der Waals surface area contributed by atoms with Crippen LogP contribution in [0.25, 0.3) is 0 Å². The van der Waals surface area contributed by atoms with Crippen LogP contribution in [0.4, 0.5) is 0 Å². The van der Waals surface area contributed by atoms with Crippen LogP contribution in [0.3, 0.4) is 0 Å². The first-order valence-corrected chi connectivity index (χ1v) is 6.15. The lowest BCUT2D eigenvalue weighted by Crippen LogP contribution is -2.30. The van der Waals surface area contributed by atoms with E-state index in [0.717, 1.165) is 18.7 Å². The van der Waals surface area contributed by atoms with Crippen LogP contribution in [0.15, 0.2) is 6.20 Å². The first kappa shape index (κ1) is 14.2. The van der Waals surface area contributed by atoms with Crippen molar-refractivity contribution in [2.24, 2.45) is 7.05 Å². The van der Waals surface area contributed by atoms with Crippen molar-refractivity contribution in [3.05, 3.63) is 17.5 Å². The maximum absolute atomic E-state index is 9.58. The number of hydrogen-bond acceptors (Lipinski definition) is 4. The molecule has 0 aromatic carbocycles. The molecular formula is C12H23N3O2. The lowest BCUT2D eigenvalue weighted by molar-refractivity contribution is 0.0427. The van der Waals surface area contributed by atoms with Gasteiger partial charge in [0.2, 0.25) is 0 Å². The number of aliphatic hydroxyl groups excluding tert-OH is 1. The second kappa shape index (κ2) is 7.42. The van der Waals surface area contributed by atoms with Crippen LogP contribution in [0.2, 0.25) is 0 Å². The van der Waals surface area contributed by atoms with E-state index in [0.29, 0.717) is 19.8 Å². The molecule has 0 radical (unpaired) electrons. The van der Waals surface area contributed by atoms with Gasteiger partial charge in [0.25, 0.3) is 0 Å². The SMILES string of the molecule is CCOCC(O)CNCc1cn(C)nc1CC. The minimum absolute atomic E-state index is 0.386. The lowest BCUT2D eigenvalue weighted by Gasteiger charge is -2.11. The van der Waals surface area contributed by atoms with Crippen molar-refractivity contribution in [3.63, 3.8) is 0 Å². The molecule has 0 aliphatic rings. The zero-order valence-corrected chi connectivity index (χ0v) is 10.9. The highest BCUT2D eigenvalue weighted by Crippen LogP contribution is 2.06. The predicted octanol–water partition coefficient (Wildman–Crippen LogP) is 0.469. The van der Waals surface area contributed by atoms with Crippen molar-refractivity contribution >= 4 is 0 Å². The van der Waals surface area contributed by atoms with Gasteiger partial charge in [0.05, 0.1) is 18.4 Å². The fourth-order valence-electron chi connectivity index (χ4n) is 1.72. The molecule has 0 saturated heterocycles. The molecule has 0 fully saturated rings. The second-order valence-corrected chi connectivity index (χ2v) is 4.07. The van der Waals surface area contributed by atoms with Crippen LogP contribution in [-0.2, 0) is 24.8 Å². The van der Waals surface area contributed by atoms with Crippen molar-refractivity contribution in [1.29, 1.82) is 0 Å². The van der Waals surface area contributed by atoms with Crippen LogP contribution in [0.1, 0.15) is 25.1 Å². The average Bonchev–Trinajstić information content (AvgIpc) is 2.67. The molecule has 1 heterocycles. The van der Waals surface area contributed by atoms with E-state index in [-0.39, 0.29) is 0 Å². The van der Waals surface area contributed by atoms with Crippen LogP contribution in [0.5, 0.6) is 0 Å². The molecule has 17 heavy (non-hydrogen) atoms. The van der Waals surface area contributed by atoms with E-state index < -0.39 is 6.10 Å². The van der Waals surface area contributed by atoms with Crippen molar-refractivity contribution < 1.29 is 9.84 Å². The topological polar surface area (TPSA) is 59.3 Å². The molecule has 1 unspecified atom stereocenters. The van der Waals surface area contributed by atoms with E-state index in [1.54, 1.807) is 0 Å². The minimum Gasteiger partial charge on any atom is -0.389 e. The molecule has 1 aromatic heterocycles. The zero-order chi connectivity index (χ0) is 12.7. The molecule has 0 aliphatic heterocycles. The van der Waals surface area contributed by atoms with Crippen molar-refractivity contribution in [2.45, 2.75) is 32.9 Å². The van der Waals surface area contributed by atoms with Crippen LogP contribution < -0.4 is 5.32 Å². The van der Waals surface area contributed by atoms with Gasteiger partial charge in [-0.2, -0.15) is 5.10 Å². The summed E-state index contributed by atoms with van der Waals surface area (Å²) in [6.45, 7) is 6.31. The third-order valence-corrected chi connectivity index (χ3v) is 2.54. The standard InChI is InChI=1S/C12H23N3O2/c1-4-12-10(8-15(3)14-12)6-13-7-11(16)9-17-5-2/h8,11,13,16H,4-7,9H2,1-3H3. The van der Waals surface area contributed by atoms with Gasteiger partial charge in [-0.3, -0.25) is 4.68 Å². The molecule has 0 spiro atoms. The number of aromatic nitrogens is 2. The largest absolute Gasteiger partial charge is 0.389 e. The molecule has 5 nitrogen and oxygen atoms in total. The molecule has 98 valence electrons. The Kier molecular flexibility index (Phi) is 6.18. The fraction of sp³-hybridized carbons (Fsp3) is 0.750. The van der Waals surface area contributed by atoms with E-state index in [2.05, 4.69) is 17.3 Å². The van der Waals surface area contributed by atoms with E-state index in [9.17, 15) is 5.11 Å². The third-order valence-electron chi connectivity index (χ3n) is 2.54. The Morgan fingerprint density at radius 2 is 2.29 bits per heavy atom. The monoisotopic (exact) mass is 241 g/mol. The smallest absolute Gasteiger partial charge is 0.0897 e. The summed E-state index contributed by atoms with van der Waals surface area (Å²) in [4.78, 5) is 0. The summed E-state index contributed by atoms with van der Waals surface area (Å²) < 4.78 is 6.97. The highest BCUT2D eigenvalue weighted by atomic mass is 16.5. The van der Waals surface area contributed by atoms with Gasteiger partial charge in [0, 0.05) is 38.5 Å². The van der Waals surface area contributed by atoms with Gasteiger partial charge >= 0.3 is 0 Å². The van der Waals surface area contributed by atoms with E-state index in [1.165, 1.54) is 5.56 Å². The van der Waals surface area contributed by atoms with Crippen LogP contribution in [0, 0.1) is 0 Å². The highest BCUT2D eigenvalue weighted by molar-refractivity contribution is 5.16. The van der Waals surface area contributed by atoms with Gasteiger partial charge in [-0.05, 0) is 13.3 Å². The van der Waals surface area contributed by atoms with Gasteiger partial charge in [0.15, 0.2) is 0 Å².